The number of rotatable bonds is 9. The monoisotopic (exact) mass is 428 g/mol. The van der Waals surface area contributed by atoms with Crippen molar-refractivity contribution in [1.82, 2.24) is 0 Å². The van der Waals surface area contributed by atoms with E-state index < -0.39 is 0 Å². The normalized spacial score (nSPS) is 30.6. The van der Waals surface area contributed by atoms with Gasteiger partial charge in [-0.2, -0.15) is 0 Å². The molecule has 0 amide bonds. The molecule has 2 fully saturated rings. The standard InChI is InChI=1S/C29H45FO/c1-3-5-6-7-8-21-9-10-24-19-28(29(30)20-26(24)16-21)25-12-11-23-18-27(31-15-4-2)14-13-22(23)17-25/h19-23,25,27H,3-18H2,1-2H3. The molecule has 1 aromatic carbocycles. The Bertz CT molecular complexity index is 698. The van der Waals surface area contributed by atoms with Crippen LogP contribution in [-0.4, -0.2) is 12.7 Å². The fraction of sp³-hybridized carbons (Fsp3) is 0.793. The van der Waals surface area contributed by atoms with Crippen LogP contribution in [0.1, 0.15) is 120 Å². The van der Waals surface area contributed by atoms with Crippen molar-refractivity contribution in [3.63, 3.8) is 0 Å². The predicted molar refractivity (Wildman–Crippen MR) is 128 cm³/mol. The summed E-state index contributed by atoms with van der Waals surface area (Å²) in [6, 6.07) is 4.23. The van der Waals surface area contributed by atoms with Crippen molar-refractivity contribution in [2.24, 2.45) is 17.8 Å². The molecule has 0 N–H and O–H groups in total. The van der Waals surface area contributed by atoms with Crippen LogP contribution in [0, 0.1) is 23.6 Å². The molecule has 0 saturated heterocycles. The van der Waals surface area contributed by atoms with Crippen molar-refractivity contribution in [1.29, 1.82) is 0 Å². The molecule has 0 radical (unpaired) electrons. The lowest BCUT2D eigenvalue weighted by Crippen LogP contribution is -2.34. The van der Waals surface area contributed by atoms with E-state index in [4.69, 9.17) is 4.74 Å². The van der Waals surface area contributed by atoms with Crippen molar-refractivity contribution >= 4 is 0 Å². The van der Waals surface area contributed by atoms with Crippen molar-refractivity contribution < 1.29 is 9.13 Å². The lowest BCUT2D eigenvalue weighted by atomic mass is 9.65. The molecular weight excluding hydrogens is 383 g/mol. The van der Waals surface area contributed by atoms with Crippen LogP contribution in [0.2, 0.25) is 0 Å². The average molecular weight is 429 g/mol. The van der Waals surface area contributed by atoms with Gasteiger partial charge in [0.25, 0.3) is 0 Å². The lowest BCUT2D eigenvalue weighted by Gasteiger charge is -2.42. The van der Waals surface area contributed by atoms with E-state index in [0.29, 0.717) is 12.0 Å². The summed E-state index contributed by atoms with van der Waals surface area (Å²) in [5, 5.41) is 0. The molecule has 0 aromatic heterocycles. The van der Waals surface area contributed by atoms with E-state index in [-0.39, 0.29) is 5.82 Å². The van der Waals surface area contributed by atoms with E-state index >= 15 is 4.39 Å². The van der Waals surface area contributed by atoms with E-state index in [1.54, 1.807) is 0 Å². The molecule has 5 atom stereocenters. The number of benzene rings is 1. The maximum atomic E-state index is 15.2. The summed E-state index contributed by atoms with van der Waals surface area (Å²) in [5.41, 5.74) is 3.82. The topological polar surface area (TPSA) is 9.23 Å². The summed E-state index contributed by atoms with van der Waals surface area (Å²) in [7, 11) is 0. The molecule has 5 unspecified atom stereocenters. The van der Waals surface area contributed by atoms with Crippen LogP contribution < -0.4 is 0 Å². The third-order valence-electron chi connectivity index (χ3n) is 8.68. The van der Waals surface area contributed by atoms with Gasteiger partial charge in [0, 0.05) is 6.61 Å². The fourth-order valence-electron chi connectivity index (χ4n) is 6.86. The maximum Gasteiger partial charge on any atom is 0.126 e. The van der Waals surface area contributed by atoms with E-state index in [0.717, 1.165) is 55.6 Å². The molecule has 3 aliphatic carbocycles. The first kappa shape index (κ1) is 23.3. The zero-order chi connectivity index (χ0) is 21.6. The summed E-state index contributed by atoms with van der Waals surface area (Å²) < 4.78 is 21.3. The van der Waals surface area contributed by atoms with Gasteiger partial charge in [-0.05, 0) is 111 Å². The summed E-state index contributed by atoms with van der Waals surface area (Å²) in [6.45, 7) is 5.37. The van der Waals surface area contributed by atoms with Crippen LogP contribution in [0.25, 0.3) is 0 Å². The summed E-state index contributed by atoms with van der Waals surface area (Å²) in [5.74, 6) is 2.89. The highest BCUT2D eigenvalue weighted by atomic mass is 19.1. The smallest absolute Gasteiger partial charge is 0.126 e. The number of aryl methyl sites for hydroxylation is 1. The van der Waals surface area contributed by atoms with Crippen molar-refractivity contribution in [2.45, 2.75) is 122 Å². The molecule has 0 aliphatic heterocycles. The van der Waals surface area contributed by atoms with Crippen LogP contribution in [0.15, 0.2) is 12.1 Å². The van der Waals surface area contributed by atoms with E-state index in [1.165, 1.54) is 81.8 Å². The molecule has 0 spiro atoms. The van der Waals surface area contributed by atoms with Gasteiger partial charge < -0.3 is 4.74 Å². The van der Waals surface area contributed by atoms with Gasteiger partial charge in [-0.15, -0.1) is 0 Å². The number of halogens is 1. The van der Waals surface area contributed by atoms with Gasteiger partial charge in [0.2, 0.25) is 0 Å². The lowest BCUT2D eigenvalue weighted by molar-refractivity contribution is -0.0148. The first-order valence-corrected chi connectivity index (χ1v) is 13.6. The molecule has 0 bridgehead atoms. The van der Waals surface area contributed by atoms with Gasteiger partial charge in [-0.25, -0.2) is 4.39 Å². The van der Waals surface area contributed by atoms with E-state index in [2.05, 4.69) is 19.9 Å². The highest BCUT2D eigenvalue weighted by molar-refractivity contribution is 5.37. The zero-order valence-electron chi connectivity index (χ0n) is 20.1. The van der Waals surface area contributed by atoms with Gasteiger partial charge in [0.05, 0.1) is 6.10 Å². The summed E-state index contributed by atoms with van der Waals surface area (Å²) in [6.07, 6.45) is 19.2. The molecule has 1 nitrogen and oxygen atoms in total. The Morgan fingerprint density at radius 2 is 1.71 bits per heavy atom. The van der Waals surface area contributed by atoms with Crippen LogP contribution in [-0.2, 0) is 17.6 Å². The quantitative estimate of drug-likeness (QED) is 0.359. The van der Waals surface area contributed by atoms with Crippen molar-refractivity contribution in [3.05, 3.63) is 34.6 Å². The first-order chi connectivity index (χ1) is 15.2. The maximum absolute atomic E-state index is 15.2. The third-order valence-corrected chi connectivity index (χ3v) is 8.68. The molecular formula is C29H45FO. The first-order valence-electron chi connectivity index (χ1n) is 13.6. The van der Waals surface area contributed by atoms with Crippen LogP contribution >= 0.6 is 0 Å². The van der Waals surface area contributed by atoms with Gasteiger partial charge in [-0.1, -0.05) is 52.0 Å². The second-order valence-corrected chi connectivity index (χ2v) is 10.9. The Labute approximate surface area is 190 Å². The molecule has 4 rings (SSSR count). The molecule has 2 heteroatoms. The number of hydrogen-bond acceptors (Lipinski definition) is 1. The van der Waals surface area contributed by atoms with Gasteiger partial charge >= 0.3 is 0 Å². The summed E-state index contributed by atoms with van der Waals surface area (Å²) in [4.78, 5) is 0. The summed E-state index contributed by atoms with van der Waals surface area (Å²) >= 11 is 0. The van der Waals surface area contributed by atoms with E-state index in [1.807, 2.05) is 6.07 Å². The number of ether oxygens (including phenoxy) is 1. The van der Waals surface area contributed by atoms with E-state index in [9.17, 15) is 0 Å². The number of hydrogen-bond donors (Lipinski definition) is 0. The molecule has 3 aliphatic rings. The minimum atomic E-state index is 0.0915. The largest absolute Gasteiger partial charge is 0.378 e. The molecule has 1 aromatic rings. The molecule has 2 saturated carbocycles. The van der Waals surface area contributed by atoms with Crippen molar-refractivity contribution in [3.8, 4) is 0 Å². The highest BCUT2D eigenvalue weighted by Crippen LogP contribution is 2.47. The van der Waals surface area contributed by atoms with Gasteiger partial charge in [0.15, 0.2) is 0 Å². The predicted octanol–water partition coefficient (Wildman–Crippen LogP) is 8.38. The Morgan fingerprint density at radius 1 is 0.871 bits per heavy atom. The highest BCUT2D eigenvalue weighted by Gasteiger charge is 2.37. The van der Waals surface area contributed by atoms with Crippen LogP contribution in [0.3, 0.4) is 0 Å². The van der Waals surface area contributed by atoms with Gasteiger partial charge in [-0.3, -0.25) is 0 Å². The second-order valence-electron chi connectivity index (χ2n) is 10.9. The zero-order valence-corrected chi connectivity index (χ0v) is 20.1. The number of fused-ring (bicyclic) bond motifs is 2. The number of unbranched alkanes of at least 4 members (excludes halogenated alkanes) is 3. The second kappa shape index (κ2) is 11.3. The third kappa shape index (κ3) is 5.92. The Hall–Kier alpha value is -0.890. The van der Waals surface area contributed by atoms with Gasteiger partial charge in [0.1, 0.15) is 5.82 Å². The van der Waals surface area contributed by atoms with Crippen LogP contribution in [0.5, 0.6) is 0 Å². The fourth-order valence-corrected chi connectivity index (χ4v) is 6.86. The van der Waals surface area contributed by atoms with Crippen molar-refractivity contribution in [2.75, 3.05) is 6.61 Å². The average Bonchev–Trinajstić information content (AvgIpc) is 2.79. The molecule has 0 heterocycles. The Morgan fingerprint density at radius 3 is 2.55 bits per heavy atom. The minimum absolute atomic E-state index is 0.0915. The Kier molecular flexibility index (Phi) is 8.49. The molecule has 31 heavy (non-hydrogen) atoms. The Balaban J connectivity index is 1.34. The van der Waals surface area contributed by atoms with Crippen LogP contribution in [0.4, 0.5) is 4.39 Å². The minimum Gasteiger partial charge on any atom is -0.378 e. The SMILES string of the molecule is CCCCCCC1CCc2cc(C3CCC4CC(OCCC)CCC4C3)c(F)cc2C1. The molecule has 174 valence electrons.